The largest absolute Gasteiger partial charge is 0.376 e. The van der Waals surface area contributed by atoms with Crippen molar-refractivity contribution in [2.24, 2.45) is 11.7 Å². The maximum Gasteiger partial charge on any atom is 0.0674 e. The third kappa shape index (κ3) is 3.81. The molecule has 1 heterocycles. The Hall–Kier alpha value is -0.900. The van der Waals surface area contributed by atoms with Crippen LogP contribution in [-0.4, -0.2) is 36.7 Å². The number of morpholine rings is 1. The summed E-state index contributed by atoms with van der Waals surface area (Å²) in [5, 5.41) is 0. The zero-order chi connectivity index (χ0) is 14.5. The molecule has 20 heavy (non-hydrogen) atoms. The van der Waals surface area contributed by atoms with Crippen LogP contribution in [0.15, 0.2) is 30.3 Å². The Morgan fingerprint density at radius 3 is 2.70 bits per heavy atom. The number of ether oxygens (including phenoxy) is 1. The molecule has 2 N–H and O–H groups in total. The quantitative estimate of drug-likeness (QED) is 0.898. The average Bonchev–Trinajstić information content (AvgIpc) is 2.47. The lowest BCUT2D eigenvalue weighted by molar-refractivity contribution is -0.0609. The first-order valence-corrected chi connectivity index (χ1v) is 7.78. The molecular weight excluding hydrogens is 248 g/mol. The number of hydrogen-bond acceptors (Lipinski definition) is 3. The second-order valence-electron chi connectivity index (χ2n) is 6.07. The van der Waals surface area contributed by atoms with Crippen molar-refractivity contribution in [3.05, 3.63) is 35.9 Å². The molecule has 0 aromatic heterocycles. The predicted molar refractivity (Wildman–Crippen MR) is 83.6 cm³/mol. The molecule has 4 atom stereocenters. The summed E-state index contributed by atoms with van der Waals surface area (Å²) in [5.74, 6) is 0.441. The molecule has 1 aliphatic heterocycles. The van der Waals surface area contributed by atoms with E-state index in [2.05, 4.69) is 49.9 Å². The summed E-state index contributed by atoms with van der Waals surface area (Å²) in [4.78, 5) is 2.56. The summed E-state index contributed by atoms with van der Waals surface area (Å²) in [7, 11) is 0. The minimum Gasteiger partial charge on any atom is -0.376 e. The lowest BCUT2D eigenvalue weighted by Crippen LogP contribution is -2.50. The molecule has 0 radical (unpaired) electrons. The van der Waals surface area contributed by atoms with Crippen LogP contribution in [0, 0.1) is 5.92 Å². The Bertz CT molecular complexity index is 395. The zero-order valence-corrected chi connectivity index (χ0v) is 13.0. The fraction of sp³-hybridized carbons (Fsp3) is 0.647. The lowest BCUT2D eigenvalue weighted by atomic mass is 9.94. The standard InChI is InChI=1S/C17H28N2O/c1-4-16-12-20-14(3)11-19(16)10-13(2)17(18)15-8-6-5-7-9-15/h5-9,13-14,16-17H,4,10-12,18H2,1-3H3. The third-order valence-corrected chi connectivity index (χ3v) is 4.37. The van der Waals surface area contributed by atoms with Gasteiger partial charge in [0.05, 0.1) is 12.7 Å². The third-order valence-electron chi connectivity index (χ3n) is 4.37. The number of nitrogens with zero attached hydrogens (tertiary/aromatic N) is 1. The minimum absolute atomic E-state index is 0.104. The Balaban J connectivity index is 1.97. The molecule has 1 aromatic carbocycles. The van der Waals surface area contributed by atoms with Crippen LogP contribution >= 0.6 is 0 Å². The summed E-state index contributed by atoms with van der Waals surface area (Å²) in [6.07, 6.45) is 1.47. The van der Waals surface area contributed by atoms with E-state index in [9.17, 15) is 0 Å². The first-order valence-electron chi connectivity index (χ1n) is 7.78. The summed E-state index contributed by atoms with van der Waals surface area (Å²) < 4.78 is 5.77. The summed E-state index contributed by atoms with van der Waals surface area (Å²) >= 11 is 0. The first-order chi connectivity index (χ1) is 9.61. The number of nitrogens with two attached hydrogens (primary N) is 1. The van der Waals surface area contributed by atoms with Crippen LogP contribution in [0.25, 0.3) is 0 Å². The van der Waals surface area contributed by atoms with Gasteiger partial charge in [-0.25, -0.2) is 0 Å². The van der Waals surface area contributed by atoms with Crippen LogP contribution < -0.4 is 5.73 Å². The van der Waals surface area contributed by atoms with Crippen LogP contribution in [0.4, 0.5) is 0 Å². The highest BCUT2D eigenvalue weighted by Crippen LogP contribution is 2.23. The summed E-state index contributed by atoms with van der Waals surface area (Å²) in [5.41, 5.74) is 7.65. The van der Waals surface area contributed by atoms with Gasteiger partial charge in [0.2, 0.25) is 0 Å². The molecule has 1 aromatic rings. The fourth-order valence-electron chi connectivity index (χ4n) is 3.00. The van der Waals surface area contributed by atoms with Crippen molar-refractivity contribution in [1.29, 1.82) is 0 Å². The van der Waals surface area contributed by atoms with Gasteiger partial charge in [0.25, 0.3) is 0 Å². The predicted octanol–water partition coefficient (Wildman–Crippen LogP) is 2.82. The van der Waals surface area contributed by atoms with Crippen LogP contribution in [0.1, 0.15) is 38.8 Å². The normalized spacial score (nSPS) is 27.2. The molecule has 3 heteroatoms. The van der Waals surface area contributed by atoms with Gasteiger partial charge in [0.15, 0.2) is 0 Å². The highest BCUT2D eigenvalue weighted by atomic mass is 16.5. The zero-order valence-electron chi connectivity index (χ0n) is 13.0. The maximum absolute atomic E-state index is 6.42. The highest BCUT2D eigenvalue weighted by Gasteiger charge is 2.28. The Labute approximate surface area is 123 Å². The molecule has 3 nitrogen and oxygen atoms in total. The van der Waals surface area contributed by atoms with E-state index in [1.165, 1.54) is 5.56 Å². The molecule has 1 saturated heterocycles. The number of rotatable bonds is 5. The summed E-state index contributed by atoms with van der Waals surface area (Å²) in [6, 6.07) is 11.1. The van der Waals surface area contributed by atoms with Crippen molar-refractivity contribution < 1.29 is 4.74 Å². The monoisotopic (exact) mass is 276 g/mol. The van der Waals surface area contributed by atoms with Crippen molar-refractivity contribution in [2.45, 2.75) is 45.4 Å². The van der Waals surface area contributed by atoms with E-state index >= 15 is 0 Å². The van der Waals surface area contributed by atoms with Gasteiger partial charge in [-0.1, -0.05) is 44.2 Å². The van der Waals surface area contributed by atoms with Crippen LogP contribution in [0.2, 0.25) is 0 Å². The van der Waals surface area contributed by atoms with E-state index in [4.69, 9.17) is 10.5 Å². The average molecular weight is 276 g/mol. The van der Waals surface area contributed by atoms with E-state index in [-0.39, 0.29) is 6.04 Å². The molecule has 1 aliphatic rings. The van der Waals surface area contributed by atoms with E-state index in [1.54, 1.807) is 0 Å². The lowest BCUT2D eigenvalue weighted by Gasteiger charge is -2.40. The van der Waals surface area contributed by atoms with Crippen molar-refractivity contribution in [2.75, 3.05) is 19.7 Å². The molecule has 1 fully saturated rings. The highest BCUT2D eigenvalue weighted by molar-refractivity contribution is 5.19. The van der Waals surface area contributed by atoms with Crippen molar-refractivity contribution in [3.63, 3.8) is 0 Å². The second-order valence-corrected chi connectivity index (χ2v) is 6.07. The molecule has 4 unspecified atom stereocenters. The topological polar surface area (TPSA) is 38.5 Å². The van der Waals surface area contributed by atoms with Gasteiger partial charge in [-0.3, -0.25) is 4.90 Å². The molecule has 0 aliphatic carbocycles. The van der Waals surface area contributed by atoms with E-state index < -0.39 is 0 Å². The Kier molecular flexibility index (Phi) is 5.58. The van der Waals surface area contributed by atoms with E-state index in [0.717, 1.165) is 26.1 Å². The molecular formula is C17H28N2O. The van der Waals surface area contributed by atoms with Crippen LogP contribution in [-0.2, 0) is 4.74 Å². The Morgan fingerprint density at radius 2 is 2.05 bits per heavy atom. The Morgan fingerprint density at radius 1 is 1.35 bits per heavy atom. The van der Waals surface area contributed by atoms with Gasteiger partial charge in [-0.05, 0) is 24.8 Å². The van der Waals surface area contributed by atoms with Gasteiger partial charge in [0, 0.05) is 25.2 Å². The van der Waals surface area contributed by atoms with E-state index in [0.29, 0.717) is 18.1 Å². The van der Waals surface area contributed by atoms with Crippen molar-refractivity contribution >= 4 is 0 Å². The van der Waals surface area contributed by atoms with Gasteiger partial charge in [-0.15, -0.1) is 0 Å². The molecule has 0 spiro atoms. The van der Waals surface area contributed by atoms with Crippen molar-refractivity contribution in [1.82, 2.24) is 4.90 Å². The van der Waals surface area contributed by atoms with Crippen molar-refractivity contribution in [3.8, 4) is 0 Å². The molecule has 2 rings (SSSR count). The second kappa shape index (κ2) is 7.21. The minimum atomic E-state index is 0.104. The van der Waals surface area contributed by atoms with Crippen LogP contribution in [0.3, 0.4) is 0 Å². The molecule has 0 saturated carbocycles. The van der Waals surface area contributed by atoms with Gasteiger partial charge in [0.1, 0.15) is 0 Å². The van der Waals surface area contributed by atoms with E-state index in [1.807, 2.05) is 6.07 Å². The number of benzene rings is 1. The number of hydrogen-bond donors (Lipinski definition) is 1. The molecule has 0 amide bonds. The van der Waals surface area contributed by atoms with Gasteiger partial charge >= 0.3 is 0 Å². The summed E-state index contributed by atoms with van der Waals surface area (Å²) in [6.45, 7) is 9.56. The first kappa shape index (κ1) is 15.5. The fourth-order valence-corrected chi connectivity index (χ4v) is 3.00. The smallest absolute Gasteiger partial charge is 0.0674 e. The van der Waals surface area contributed by atoms with Crippen LogP contribution in [0.5, 0.6) is 0 Å². The SMILES string of the molecule is CCC1COC(C)CN1CC(C)C(N)c1ccccc1. The van der Waals surface area contributed by atoms with Gasteiger partial charge < -0.3 is 10.5 Å². The molecule has 0 bridgehead atoms. The molecule has 112 valence electrons. The van der Waals surface area contributed by atoms with Gasteiger partial charge in [-0.2, -0.15) is 0 Å². The maximum atomic E-state index is 6.42.